The van der Waals surface area contributed by atoms with E-state index in [1.54, 1.807) is 0 Å². The maximum absolute atomic E-state index is 12.5. The van der Waals surface area contributed by atoms with Crippen LogP contribution in [0.2, 0.25) is 10.0 Å². The van der Waals surface area contributed by atoms with E-state index in [-0.39, 0.29) is 32.6 Å². The molecule has 1 aromatic rings. The average Bonchev–Trinajstić information content (AvgIpc) is 3.31. The van der Waals surface area contributed by atoms with Crippen LogP contribution in [0.25, 0.3) is 0 Å². The Labute approximate surface area is 151 Å². The molecule has 1 amide bonds. The number of allylic oxidation sites excluding steroid dienone is 1. The Balaban J connectivity index is 1.87. The molecule has 1 atom stereocenters. The largest absolute Gasteiger partial charge is 0.346 e. The van der Waals surface area contributed by atoms with Gasteiger partial charge in [0.2, 0.25) is 10.0 Å². The molecule has 0 bridgehead atoms. The van der Waals surface area contributed by atoms with Crippen LogP contribution >= 0.6 is 23.2 Å². The van der Waals surface area contributed by atoms with Gasteiger partial charge in [-0.25, -0.2) is 13.1 Å². The molecule has 2 N–H and O–H groups in total. The molecular formula is C16H18Cl2N2O3S. The topological polar surface area (TPSA) is 75.3 Å². The van der Waals surface area contributed by atoms with Crippen molar-refractivity contribution in [3.05, 3.63) is 39.9 Å². The molecule has 0 saturated heterocycles. The summed E-state index contributed by atoms with van der Waals surface area (Å²) in [5.41, 5.74) is 0.108. The van der Waals surface area contributed by atoms with Gasteiger partial charge in [0.15, 0.2) is 0 Å². The fourth-order valence-electron chi connectivity index (χ4n) is 2.57. The first-order valence-electron chi connectivity index (χ1n) is 7.86. The summed E-state index contributed by atoms with van der Waals surface area (Å²) in [5, 5.41) is 2.99. The zero-order chi connectivity index (χ0) is 17.3. The van der Waals surface area contributed by atoms with Gasteiger partial charge in [0.25, 0.3) is 5.91 Å². The van der Waals surface area contributed by atoms with Gasteiger partial charge < -0.3 is 5.32 Å². The van der Waals surface area contributed by atoms with E-state index >= 15 is 0 Å². The quantitative estimate of drug-likeness (QED) is 0.759. The van der Waals surface area contributed by atoms with Crippen molar-refractivity contribution < 1.29 is 13.2 Å². The van der Waals surface area contributed by atoms with Crippen LogP contribution in [0.5, 0.6) is 0 Å². The van der Waals surface area contributed by atoms with Crippen LogP contribution in [0.3, 0.4) is 0 Å². The highest BCUT2D eigenvalue weighted by molar-refractivity contribution is 7.89. The minimum Gasteiger partial charge on any atom is -0.346 e. The average molecular weight is 389 g/mol. The summed E-state index contributed by atoms with van der Waals surface area (Å²) >= 11 is 12.1. The Morgan fingerprint density at radius 2 is 1.88 bits per heavy atom. The number of benzene rings is 1. The van der Waals surface area contributed by atoms with Crippen molar-refractivity contribution in [2.45, 2.75) is 49.1 Å². The van der Waals surface area contributed by atoms with Gasteiger partial charge in [0.1, 0.15) is 4.90 Å². The number of sulfonamides is 1. The number of hydrogen-bond acceptors (Lipinski definition) is 3. The highest BCUT2D eigenvalue weighted by atomic mass is 35.5. The Kier molecular flexibility index (Phi) is 5.20. The van der Waals surface area contributed by atoms with Crippen LogP contribution in [0.15, 0.2) is 29.2 Å². The highest BCUT2D eigenvalue weighted by Gasteiger charge is 2.30. The van der Waals surface area contributed by atoms with Gasteiger partial charge in [0, 0.05) is 12.1 Å². The van der Waals surface area contributed by atoms with Gasteiger partial charge >= 0.3 is 0 Å². The second-order valence-electron chi connectivity index (χ2n) is 6.10. The summed E-state index contributed by atoms with van der Waals surface area (Å²) < 4.78 is 27.4. The molecule has 5 nitrogen and oxygen atoms in total. The van der Waals surface area contributed by atoms with E-state index < -0.39 is 15.9 Å². The molecule has 1 unspecified atom stereocenters. The summed E-state index contributed by atoms with van der Waals surface area (Å²) in [7, 11) is -3.77. The number of hydrogen-bond donors (Lipinski definition) is 2. The van der Waals surface area contributed by atoms with Crippen LogP contribution < -0.4 is 10.0 Å². The van der Waals surface area contributed by atoms with E-state index in [0.717, 1.165) is 32.1 Å². The zero-order valence-electron chi connectivity index (χ0n) is 12.9. The fraction of sp³-hybridized carbons (Fsp3) is 0.438. The molecule has 8 heteroatoms. The van der Waals surface area contributed by atoms with Gasteiger partial charge in [-0.15, -0.1) is 0 Å². The SMILES string of the molecule is O=C(NC1C=CCCC1)c1cc(S(=O)(=O)NC2CC2)c(Cl)cc1Cl. The summed E-state index contributed by atoms with van der Waals surface area (Å²) in [5.74, 6) is -0.406. The van der Waals surface area contributed by atoms with E-state index in [0.29, 0.717) is 0 Å². The Morgan fingerprint density at radius 1 is 1.12 bits per heavy atom. The van der Waals surface area contributed by atoms with Gasteiger partial charge in [-0.3, -0.25) is 4.79 Å². The lowest BCUT2D eigenvalue weighted by molar-refractivity contribution is 0.0942. The Morgan fingerprint density at radius 3 is 2.50 bits per heavy atom. The second-order valence-corrected chi connectivity index (χ2v) is 8.59. The molecule has 24 heavy (non-hydrogen) atoms. The number of amides is 1. The summed E-state index contributed by atoms with van der Waals surface area (Å²) in [6, 6.07) is 2.43. The third kappa shape index (κ3) is 4.11. The van der Waals surface area contributed by atoms with Crippen molar-refractivity contribution in [3.8, 4) is 0 Å². The van der Waals surface area contributed by atoms with Crippen molar-refractivity contribution in [2.24, 2.45) is 0 Å². The molecule has 1 aromatic carbocycles. The summed E-state index contributed by atoms with van der Waals surface area (Å²) in [6.07, 6.45) is 8.44. The summed E-state index contributed by atoms with van der Waals surface area (Å²) in [6.45, 7) is 0. The van der Waals surface area contributed by atoms with E-state index in [4.69, 9.17) is 23.2 Å². The molecule has 1 saturated carbocycles. The molecule has 2 aliphatic rings. The monoisotopic (exact) mass is 388 g/mol. The first kappa shape index (κ1) is 17.7. The van der Waals surface area contributed by atoms with E-state index in [9.17, 15) is 13.2 Å². The molecule has 0 heterocycles. The van der Waals surface area contributed by atoms with Crippen LogP contribution in [0.4, 0.5) is 0 Å². The van der Waals surface area contributed by atoms with E-state index in [1.807, 2.05) is 12.2 Å². The molecule has 0 aromatic heterocycles. The number of halogens is 2. The number of nitrogens with one attached hydrogen (secondary N) is 2. The lowest BCUT2D eigenvalue weighted by atomic mass is 10.0. The van der Waals surface area contributed by atoms with Gasteiger partial charge in [-0.2, -0.15) is 0 Å². The lowest BCUT2D eigenvalue weighted by Crippen LogP contribution is -2.34. The number of rotatable bonds is 5. The molecule has 1 fully saturated rings. The van der Waals surface area contributed by atoms with Crippen LogP contribution in [-0.2, 0) is 10.0 Å². The van der Waals surface area contributed by atoms with Gasteiger partial charge in [-0.05, 0) is 44.2 Å². The zero-order valence-corrected chi connectivity index (χ0v) is 15.2. The van der Waals surface area contributed by atoms with Crippen molar-refractivity contribution in [1.29, 1.82) is 0 Å². The van der Waals surface area contributed by atoms with Crippen molar-refractivity contribution in [1.82, 2.24) is 10.0 Å². The number of carbonyl (C=O) groups is 1. The highest BCUT2D eigenvalue weighted by Crippen LogP contribution is 2.30. The molecule has 130 valence electrons. The minimum atomic E-state index is -3.77. The number of carbonyl (C=O) groups excluding carboxylic acids is 1. The first-order valence-corrected chi connectivity index (χ1v) is 10.1. The van der Waals surface area contributed by atoms with Gasteiger partial charge in [-0.1, -0.05) is 35.4 Å². The minimum absolute atomic E-state index is 0.00209. The molecule has 0 spiro atoms. The smallest absolute Gasteiger partial charge is 0.253 e. The molecule has 2 aliphatic carbocycles. The first-order chi connectivity index (χ1) is 11.4. The predicted molar refractivity (Wildman–Crippen MR) is 94.1 cm³/mol. The fourth-order valence-corrected chi connectivity index (χ4v) is 4.74. The maximum Gasteiger partial charge on any atom is 0.253 e. The van der Waals surface area contributed by atoms with Gasteiger partial charge in [0.05, 0.1) is 15.6 Å². The van der Waals surface area contributed by atoms with Crippen molar-refractivity contribution >= 4 is 39.1 Å². The summed E-state index contributed by atoms with van der Waals surface area (Å²) in [4.78, 5) is 12.4. The molecule has 0 aliphatic heterocycles. The lowest BCUT2D eigenvalue weighted by Gasteiger charge is -2.19. The molecule has 3 rings (SSSR count). The predicted octanol–water partition coefficient (Wildman–Crippen LogP) is 3.27. The van der Waals surface area contributed by atoms with E-state index in [1.165, 1.54) is 12.1 Å². The third-order valence-electron chi connectivity index (χ3n) is 4.03. The van der Waals surface area contributed by atoms with Crippen LogP contribution in [-0.4, -0.2) is 26.4 Å². The second kappa shape index (κ2) is 7.04. The van der Waals surface area contributed by atoms with Crippen LogP contribution in [0.1, 0.15) is 42.5 Å². The Hall–Kier alpha value is -1.08. The van der Waals surface area contributed by atoms with Crippen molar-refractivity contribution in [3.63, 3.8) is 0 Å². The van der Waals surface area contributed by atoms with Crippen molar-refractivity contribution in [2.75, 3.05) is 0 Å². The maximum atomic E-state index is 12.5. The standard InChI is InChI=1S/C16H18Cl2N2O3S/c17-13-9-14(18)15(24(22,23)20-11-6-7-11)8-12(13)16(21)19-10-4-2-1-3-5-10/h2,4,8-11,20H,1,3,5-7H2,(H,19,21). The molecular weight excluding hydrogens is 371 g/mol. The normalized spacial score (nSPS) is 20.8. The Bertz CT molecular complexity index is 789. The van der Waals surface area contributed by atoms with Crippen LogP contribution in [0, 0.1) is 0 Å². The molecule has 0 radical (unpaired) electrons. The third-order valence-corrected chi connectivity index (χ3v) is 6.32. The van der Waals surface area contributed by atoms with E-state index in [2.05, 4.69) is 10.0 Å².